The van der Waals surface area contributed by atoms with Gasteiger partial charge in [-0.2, -0.15) is 0 Å². The average molecular weight is 472 g/mol. The molecule has 0 fully saturated rings. The van der Waals surface area contributed by atoms with Crippen LogP contribution in [0.15, 0.2) is 67.1 Å². The standard InChI is InChI=1S/C27H29N5O3/c1-17-7-9-18(10-8-17)21(15-23(33)34)29-26(35)19-11-13-32-22(14-19)30-24(20-6-5-12-28-16-20)25(32)31-27(2,3)4/h5-14,16,21,31H,15H2,1-4H3,(H,29,35)(H,33,34). The highest BCUT2D eigenvalue weighted by molar-refractivity contribution is 5.96. The number of carbonyl (C=O) groups excluding carboxylic acids is 1. The molecule has 0 aliphatic heterocycles. The molecule has 3 heterocycles. The maximum absolute atomic E-state index is 13.1. The molecule has 4 rings (SSSR count). The van der Waals surface area contributed by atoms with Crippen molar-refractivity contribution in [2.24, 2.45) is 0 Å². The number of aliphatic carboxylic acids is 1. The van der Waals surface area contributed by atoms with Crippen molar-refractivity contribution >= 4 is 23.3 Å². The van der Waals surface area contributed by atoms with E-state index in [0.717, 1.165) is 28.2 Å². The minimum Gasteiger partial charge on any atom is -0.481 e. The quantitative estimate of drug-likeness (QED) is 0.355. The first-order valence-corrected chi connectivity index (χ1v) is 11.4. The van der Waals surface area contributed by atoms with Gasteiger partial charge in [0.05, 0.1) is 12.5 Å². The molecule has 8 heteroatoms. The van der Waals surface area contributed by atoms with Crippen LogP contribution in [0.3, 0.4) is 0 Å². The van der Waals surface area contributed by atoms with Crippen LogP contribution in [0.5, 0.6) is 0 Å². The van der Waals surface area contributed by atoms with E-state index in [4.69, 9.17) is 4.98 Å². The molecule has 0 radical (unpaired) electrons. The monoisotopic (exact) mass is 471 g/mol. The smallest absolute Gasteiger partial charge is 0.305 e. The molecule has 0 aliphatic rings. The molecule has 1 aromatic carbocycles. The summed E-state index contributed by atoms with van der Waals surface area (Å²) >= 11 is 0. The molecule has 1 amide bonds. The first-order valence-electron chi connectivity index (χ1n) is 11.4. The van der Waals surface area contributed by atoms with Crippen LogP contribution < -0.4 is 10.6 Å². The fraction of sp³-hybridized carbons (Fsp3) is 0.259. The number of hydrogen-bond acceptors (Lipinski definition) is 5. The summed E-state index contributed by atoms with van der Waals surface area (Å²) in [5, 5.41) is 15.8. The molecule has 3 aromatic heterocycles. The van der Waals surface area contributed by atoms with Gasteiger partial charge in [0.15, 0.2) is 0 Å². The zero-order valence-electron chi connectivity index (χ0n) is 20.2. The number of carboxylic acids is 1. The van der Waals surface area contributed by atoms with Crippen LogP contribution in [0.25, 0.3) is 16.9 Å². The summed E-state index contributed by atoms with van der Waals surface area (Å²) in [5.41, 5.74) is 4.15. The fourth-order valence-electron chi connectivity index (χ4n) is 3.83. The van der Waals surface area contributed by atoms with Crippen molar-refractivity contribution in [3.05, 3.63) is 83.8 Å². The van der Waals surface area contributed by atoms with E-state index in [9.17, 15) is 14.7 Å². The van der Waals surface area contributed by atoms with Gasteiger partial charge in [0.1, 0.15) is 17.2 Å². The summed E-state index contributed by atoms with van der Waals surface area (Å²) in [5.74, 6) is -0.551. The predicted octanol–water partition coefficient (Wildman–Crippen LogP) is 4.86. The third kappa shape index (κ3) is 5.66. The molecule has 0 aliphatic carbocycles. The Kier molecular flexibility index (Phi) is 6.55. The van der Waals surface area contributed by atoms with Crippen LogP contribution in [-0.4, -0.2) is 36.9 Å². The second kappa shape index (κ2) is 9.58. The number of benzene rings is 1. The van der Waals surface area contributed by atoms with E-state index in [0.29, 0.717) is 11.2 Å². The second-order valence-electron chi connectivity index (χ2n) is 9.60. The van der Waals surface area contributed by atoms with Gasteiger partial charge >= 0.3 is 5.97 Å². The maximum atomic E-state index is 13.1. The van der Waals surface area contributed by atoms with Crippen molar-refractivity contribution in [3.8, 4) is 11.3 Å². The molecule has 35 heavy (non-hydrogen) atoms. The summed E-state index contributed by atoms with van der Waals surface area (Å²) in [6.07, 6.45) is 5.04. The molecule has 1 atom stereocenters. The zero-order valence-corrected chi connectivity index (χ0v) is 20.2. The van der Waals surface area contributed by atoms with Gasteiger partial charge in [-0.25, -0.2) is 4.98 Å². The minimum atomic E-state index is -0.987. The van der Waals surface area contributed by atoms with Crippen molar-refractivity contribution in [1.82, 2.24) is 19.7 Å². The Labute approximate surface area is 204 Å². The van der Waals surface area contributed by atoms with Gasteiger partial charge < -0.3 is 15.7 Å². The van der Waals surface area contributed by atoms with Gasteiger partial charge in [0.2, 0.25) is 0 Å². The number of fused-ring (bicyclic) bond motifs is 1. The van der Waals surface area contributed by atoms with Crippen molar-refractivity contribution in [2.75, 3.05) is 5.32 Å². The summed E-state index contributed by atoms with van der Waals surface area (Å²) in [4.78, 5) is 33.6. The molecular formula is C27H29N5O3. The molecule has 0 bridgehead atoms. The van der Waals surface area contributed by atoms with Crippen LogP contribution in [0.4, 0.5) is 5.82 Å². The second-order valence-corrected chi connectivity index (χ2v) is 9.60. The molecule has 1 unspecified atom stereocenters. The maximum Gasteiger partial charge on any atom is 0.305 e. The Balaban J connectivity index is 1.69. The minimum absolute atomic E-state index is 0.217. The molecular weight excluding hydrogens is 442 g/mol. The Morgan fingerprint density at radius 1 is 1.11 bits per heavy atom. The number of aromatic nitrogens is 3. The lowest BCUT2D eigenvalue weighted by atomic mass is 10.0. The van der Waals surface area contributed by atoms with E-state index in [-0.39, 0.29) is 17.9 Å². The van der Waals surface area contributed by atoms with Gasteiger partial charge in [0.25, 0.3) is 5.91 Å². The van der Waals surface area contributed by atoms with Crippen LogP contribution >= 0.6 is 0 Å². The van der Waals surface area contributed by atoms with E-state index in [1.807, 2.05) is 47.7 Å². The predicted molar refractivity (Wildman–Crippen MR) is 135 cm³/mol. The molecule has 4 aromatic rings. The highest BCUT2D eigenvalue weighted by atomic mass is 16.4. The number of nitrogens with zero attached hydrogens (tertiary/aromatic N) is 3. The number of anilines is 1. The first-order chi connectivity index (χ1) is 16.6. The first kappa shape index (κ1) is 23.9. The molecule has 3 N–H and O–H groups in total. The Hall–Kier alpha value is -4.20. The lowest BCUT2D eigenvalue weighted by Crippen LogP contribution is -2.30. The Morgan fingerprint density at radius 2 is 1.86 bits per heavy atom. The Bertz CT molecular complexity index is 1360. The Morgan fingerprint density at radius 3 is 2.49 bits per heavy atom. The number of imidazole rings is 1. The number of rotatable bonds is 7. The number of carbonyl (C=O) groups is 2. The topological polar surface area (TPSA) is 109 Å². The van der Waals surface area contributed by atoms with Gasteiger partial charge in [-0.1, -0.05) is 29.8 Å². The van der Waals surface area contributed by atoms with Crippen LogP contribution in [0.2, 0.25) is 0 Å². The van der Waals surface area contributed by atoms with Crippen molar-refractivity contribution in [2.45, 2.75) is 45.7 Å². The van der Waals surface area contributed by atoms with Crippen LogP contribution in [-0.2, 0) is 4.79 Å². The van der Waals surface area contributed by atoms with E-state index in [1.165, 1.54) is 0 Å². The highest BCUT2D eigenvalue weighted by Gasteiger charge is 2.22. The van der Waals surface area contributed by atoms with Crippen molar-refractivity contribution < 1.29 is 14.7 Å². The summed E-state index contributed by atoms with van der Waals surface area (Å²) < 4.78 is 1.90. The molecule has 0 saturated heterocycles. The van der Waals surface area contributed by atoms with Gasteiger partial charge in [-0.05, 0) is 57.5 Å². The van der Waals surface area contributed by atoms with E-state index >= 15 is 0 Å². The van der Waals surface area contributed by atoms with Gasteiger partial charge in [-0.3, -0.25) is 19.0 Å². The average Bonchev–Trinajstić information content (AvgIpc) is 3.15. The highest BCUT2D eigenvalue weighted by Crippen LogP contribution is 2.31. The normalized spacial score (nSPS) is 12.3. The molecule has 0 spiro atoms. The van der Waals surface area contributed by atoms with Crippen molar-refractivity contribution in [1.29, 1.82) is 0 Å². The number of aryl methyl sites for hydroxylation is 1. The van der Waals surface area contributed by atoms with Gasteiger partial charge in [0, 0.05) is 35.3 Å². The number of amides is 1. The molecule has 8 nitrogen and oxygen atoms in total. The number of pyridine rings is 2. The van der Waals surface area contributed by atoms with Gasteiger partial charge in [-0.15, -0.1) is 0 Å². The zero-order chi connectivity index (χ0) is 25.2. The molecule has 180 valence electrons. The summed E-state index contributed by atoms with van der Waals surface area (Å²) in [6, 6.07) is 14.0. The van der Waals surface area contributed by atoms with E-state index in [1.54, 1.807) is 30.7 Å². The van der Waals surface area contributed by atoms with E-state index in [2.05, 4.69) is 36.4 Å². The number of nitrogens with one attached hydrogen (secondary N) is 2. The van der Waals surface area contributed by atoms with Crippen molar-refractivity contribution in [3.63, 3.8) is 0 Å². The SMILES string of the molecule is Cc1ccc(C(CC(=O)O)NC(=O)c2ccn3c(NC(C)(C)C)c(-c4cccnc4)nc3c2)cc1. The van der Waals surface area contributed by atoms with E-state index < -0.39 is 12.0 Å². The largest absolute Gasteiger partial charge is 0.481 e. The number of carboxylic acid groups (broad SMARTS) is 1. The fourth-order valence-corrected chi connectivity index (χ4v) is 3.83. The lowest BCUT2D eigenvalue weighted by Gasteiger charge is -2.22. The molecule has 0 saturated carbocycles. The summed E-state index contributed by atoms with van der Waals surface area (Å²) in [6.45, 7) is 8.15. The third-order valence-corrected chi connectivity index (χ3v) is 5.48. The number of hydrogen-bond donors (Lipinski definition) is 3. The lowest BCUT2D eigenvalue weighted by molar-refractivity contribution is -0.137. The summed E-state index contributed by atoms with van der Waals surface area (Å²) in [7, 11) is 0. The van der Waals surface area contributed by atoms with Crippen LogP contribution in [0, 0.1) is 6.92 Å². The van der Waals surface area contributed by atoms with Crippen LogP contribution in [0.1, 0.15) is 54.7 Å². The third-order valence-electron chi connectivity index (χ3n) is 5.48.